The zero-order valence-corrected chi connectivity index (χ0v) is 10.5. The summed E-state index contributed by atoms with van der Waals surface area (Å²) in [6.07, 6.45) is 2.16. The van der Waals surface area contributed by atoms with Gasteiger partial charge in [0.15, 0.2) is 15.6 Å². The summed E-state index contributed by atoms with van der Waals surface area (Å²) < 4.78 is 21.3. The molecular weight excluding hydrogens is 246 g/mol. The topological polar surface area (TPSA) is 104 Å². The molecule has 0 atom stereocenters. The third kappa shape index (κ3) is 2.38. The van der Waals surface area contributed by atoms with E-state index < -0.39 is 26.3 Å². The van der Waals surface area contributed by atoms with Gasteiger partial charge in [0.2, 0.25) is 0 Å². The van der Waals surface area contributed by atoms with Gasteiger partial charge in [0.25, 0.3) is 0 Å². The van der Waals surface area contributed by atoms with Crippen molar-refractivity contribution in [1.82, 2.24) is 4.98 Å². The highest BCUT2D eigenvalue weighted by Gasteiger charge is 2.39. The first kappa shape index (κ1) is 13.4. The van der Waals surface area contributed by atoms with Gasteiger partial charge in [-0.2, -0.15) is 0 Å². The number of aromatic carboxylic acids is 1. The van der Waals surface area contributed by atoms with Crippen LogP contribution in [0.4, 0.5) is 0 Å². The van der Waals surface area contributed by atoms with Crippen LogP contribution in [0.3, 0.4) is 0 Å². The zero-order valence-electron chi connectivity index (χ0n) is 9.64. The van der Waals surface area contributed by atoms with E-state index in [9.17, 15) is 18.0 Å². The average Bonchev–Trinajstić information content (AvgIpc) is 2.63. The van der Waals surface area contributed by atoms with Gasteiger partial charge in [0.1, 0.15) is 10.4 Å². The third-order valence-electron chi connectivity index (χ3n) is 2.65. The Bertz CT molecular complexity index is 567. The van der Waals surface area contributed by atoms with Gasteiger partial charge >= 0.3 is 5.97 Å². The summed E-state index contributed by atoms with van der Waals surface area (Å²) in [4.78, 5) is 25.0. The first-order valence-electron chi connectivity index (χ1n) is 4.73. The lowest BCUT2D eigenvalue weighted by Gasteiger charge is -2.19. The zero-order chi connectivity index (χ0) is 13.4. The molecule has 0 aliphatic carbocycles. The van der Waals surface area contributed by atoms with Gasteiger partial charge in [-0.25, -0.2) is 13.2 Å². The van der Waals surface area contributed by atoms with Crippen LogP contribution in [-0.4, -0.2) is 41.3 Å². The van der Waals surface area contributed by atoms with Crippen LogP contribution >= 0.6 is 0 Å². The number of hydrogen-bond acceptors (Lipinski definition) is 4. The van der Waals surface area contributed by atoms with E-state index in [0.717, 1.165) is 12.3 Å². The minimum atomic E-state index is -3.57. The summed E-state index contributed by atoms with van der Waals surface area (Å²) in [6, 6.07) is 1.12. The largest absolute Gasteiger partial charge is 0.477 e. The first-order valence-corrected chi connectivity index (χ1v) is 6.62. The minimum Gasteiger partial charge on any atom is -0.477 e. The number of Topliss-reactive ketones (excluding diaryl/α,β-unsaturated/α-hetero) is 1. The molecule has 6 nitrogen and oxygen atoms in total. The molecule has 0 saturated heterocycles. The van der Waals surface area contributed by atoms with E-state index >= 15 is 0 Å². The van der Waals surface area contributed by atoms with Crippen molar-refractivity contribution in [3.05, 3.63) is 23.5 Å². The van der Waals surface area contributed by atoms with Crippen molar-refractivity contribution in [2.24, 2.45) is 0 Å². The number of hydrogen-bond donors (Lipinski definition) is 2. The van der Waals surface area contributed by atoms with Gasteiger partial charge in [-0.1, -0.05) is 0 Å². The van der Waals surface area contributed by atoms with Gasteiger partial charge in [-0.05, 0) is 19.9 Å². The fraction of sp³-hybridized carbons (Fsp3) is 0.400. The first-order chi connectivity index (χ1) is 7.57. The molecule has 94 valence electrons. The second-order valence-corrected chi connectivity index (χ2v) is 6.78. The van der Waals surface area contributed by atoms with Crippen LogP contribution in [0.1, 0.15) is 34.7 Å². The Morgan fingerprint density at radius 3 is 2.24 bits per heavy atom. The Morgan fingerprint density at radius 1 is 1.35 bits per heavy atom. The van der Waals surface area contributed by atoms with Gasteiger partial charge in [0, 0.05) is 18.0 Å². The average molecular weight is 259 g/mol. The molecule has 17 heavy (non-hydrogen) atoms. The number of sulfone groups is 1. The molecule has 1 heterocycles. The van der Waals surface area contributed by atoms with Crippen molar-refractivity contribution < 1.29 is 23.1 Å². The fourth-order valence-electron chi connectivity index (χ4n) is 1.16. The molecule has 0 radical (unpaired) electrons. The minimum absolute atomic E-state index is 0.0397. The van der Waals surface area contributed by atoms with Crippen molar-refractivity contribution in [2.45, 2.75) is 18.6 Å². The summed E-state index contributed by atoms with van der Waals surface area (Å²) >= 11 is 0. The van der Waals surface area contributed by atoms with Crippen molar-refractivity contribution in [1.29, 1.82) is 0 Å². The summed E-state index contributed by atoms with van der Waals surface area (Å²) in [5.74, 6) is -1.84. The van der Waals surface area contributed by atoms with E-state index in [2.05, 4.69) is 4.98 Å². The van der Waals surface area contributed by atoms with E-state index in [-0.39, 0.29) is 11.3 Å². The highest BCUT2D eigenvalue weighted by atomic mass is 32.2. The molecule has 0 fully saturated rings. The molecule has 0 aromatic carbocycles. The monoisotopic (exact) mass is 259 g/mol. The number of carboxylic acid groups (broad SMARTS) is 1. The Kier molecular flexibility index (Phi) is 3.15. The van der Waals surface area contributed by atoms with Gasteiger partial charge in [-0.3, -0.25) is 4.79 Å². The lowest BCUT2D eigenvalue weighted by Crippen LogP contribution is -2.39. The van der Waals surface area contributed by atoms with E-state index in [0.29, 0.717) is 0 Å². The SMILES string of the molecule is CC(C)(C(=O)c1c[nH]c(C(=O)O)c1)S(C)(=O)=O. The number of rotatable bonds is 4. The Labute approximate surface area is 98.6 Å². The maximum atomic E-state index is 12.0. The summed E-state index contributed by atoms with van der Waals surface area (Å²) in [5, 5.41) is 8.68. The number of aromatic amines is 1. The van der Waals surface area contributed by atoms with Crippen LogP contribution in [0.15, 0.2) is 12.3 Å². The number of nitrogens with one attached hydrogen (secondary N) is 1. The second-order valence-electron chi connectivity index (χ2n) is 4.22. The molecule has 0 spiro atoms. The van der Waals surface area contributed by atoms with E-state index in [1.807, 2.05) is 0 Å². The molecule has 1 aromatic heterocycles. The highest BCUT2D eigenvalue weighted by molar-refractivity contribution is 7.92. The summed E-state index contributed by atoms with van der Waals surface area (Å²) in [5.41, 5.74) is -0.115. The fourth-order valence-corrected chi connectivity index (χ4v) is 1.62. The molecule has 0 unspecified atom stereocenters. The summed E-state index contributed by atoms with van der Waals surface area (Å²) in [7, 11) is -3.57. The Morgan fingerprint density at radius 2 is 1.88 bits per heavy atom. The van der Waals surface area contributed by atoms with Crippen molar-refractivity contribution in [2.75, 3.05) is 6.26 Å². The number of carboxylic acids is 1. The number of aromatic nitrogens is 1. The van der Waals surface area contributed by atoms with Crippen LogP contribution in [0.5, 0.6) is 0 Å². The van der Waals surface area contributed by atoms with Crippen LogP contribution < -0.4 is 0 Å². The van der Waals surface area contributed by atoms with Crippen molar-refractivity contribution in [3.8, 4) is 0 Å². The third-order valence-corrected chi connectivity index (χ3v) is 4.69. The molecule has 7 heteroatoms. The van der Waals surface area contributed by atoms with E-state index in [4.69, 9.17) is 5.11 Å². The number of carbonyl (C=O) groups is 2. The predicted octanol–water partition coefficient (Wildman–Crippen LogP) is 0.719. The quantitative estimate of drug-likeness (QED) is 0.775. The van der Waals surface area contributed by atoms with Crippen molar-refractivity contribution >= 4 is 21.6 Å². The maximum absolute atomic E-state index is 12.0. The lowest BCUT2D eigenvalue weighted by atomic mass is 10.0. The van der Waals surface area contributed by atoms with Gasteiger partial charge < -0.3 is 10.1 Å². The van der Waals surface area contributed by atoms with Crippen LogP contribution in [0, 0.1) is 0 Å². The molecular formula is C10H13NO5S. The molecule has 0 bridgehead atoms. The summed E-state index contributed by atoms with van der Waals surface area (Å²) in [6.45, 7) is 2.58. The second kappa shape index (κ2) is 3.99. The maximum Gasteiger partial charge on any atom is 0.352 e. The normalized spacial score (nSPS) is 12.4. The molecule has 0 aliphatic rings. The van der Waals surface area contributed by atoms with Crippen LogP contribution in [-0.2, 0) is 9.84 Å². The van der Waals surface area contributed by atoms with Gasteiger partial charge in [0.05, 0.1) is 0 Å². The molecule has 1 aromatic rings. The van der Waals surface area contributed by atoms with Crippen LogP contribution in [0.25, 0.3) is 0 Å². The smallest absolute Gasteiger partial charge is 0.352 e. The standard InChI is InChI=1S/C10H13NO5S/c1-10(2,17(3,15)16)8(12)6-4-7(9(13)14)11-5-6/h4-5,11H,1-3H3,(H,13,14). The van der Waals surface area contributed by atoms with Crippen molar-refractivity contribution in [3.63, 3.8) is 0 Å². The molecule has 2 N–H and O–H groups in total. The number of H-pyrrole nitrogens is 1. The molecule has 1 rings (SSSR count). The molecule has 0 aliphatic heterocycles. The van der Waals surface area contributed by atoms with Crippen LogP contribution in [0.2, 0.25) is 0 Å². The Hall–Kier alpha value is -1.63. The van der Waals surface area contributed by atoms with E-state index in [1.54, 1.807) is 0 Å². The highest BCUT2D eigenvalue weighted by Crippen LogP contribution is 2.21. The lowest BCUT2D eigenvalue weighted by molar-refractivity contribution is 0.0691. The number of ketones is 1. The van der Waals surface area contributed by atoms with Gasteiger partial charge in [-0.15, -0.1) is 0 Å². The Balaban J connectivity index is 3.18. The molecule has 0 amide bonds. The predicted molar refractivity (Wildman–Crippen MR) is 61.0 cm³/mol. The number of carbonyl (C=O) groups excluding carboxylic acids is 1. The van der Waals surface area contributed by atoms with E-state index in [1.165, 1.54) is 20.0 Å². The molecule has 0 saturated carbocycles.